The number of esters is 1. The number of phenolic OH excluding ortho intramolecular Hbond substituents is 1. The zero-order chi connectivity index (χ0) is 11.4. The number of carbonyl (C=O) groups is 2. The maximum absolute atomic E-state index is 11.1. The lowest BCUT2D eigenvalue weighted by molar-refractivity contribution is -0.150. The molecular formula is C10H11NO4. The highest BCUT2D eigenvalue weighted by Gasteiger charge is 2.13. The van der Waals surface area contributed by atoms with Crippen LogP contribution in [0.4, 0.5) is 5.69 Å². The first-order valence-electron chi connectivity index (χ1n) is 4.23. The molecule has 0 saturated carbocycles. The van der Waals surface area contributed by atoms with Gasteiger partial charge in [-0.15, -0.1) is 0 Å². The molecule has 0 aliphatic heterocycles. The summed E-state index contributed by atoms with van der Waals surface area (Å²) in [6, 6.07) is 4.50. The number of aromatic hydroxyl groups is 1. The fourth-order valence-electron chi connectivity index (χ4n) is 1.11. The van der Waals surface area contributed by atoms with E-state index in [0.717, 1.165) is 12.7 Å². The average Bonchev–Trinajstić information content (AvgIpc) is 2.14. The topological polar surface area (TPSA) is 75.6 Å². The predicted molar refractivity (Wildman–Crippen MR) is 53.5 cm³/mol. The summed E-state index contributed by atoms with van der Waals surface area (Å²) in [7, 11) is 1.12. The molecule has 1 aromatic rings. The van der Waals surface area contributed by atoms with Gasteiger partial charge >= 0.3 is 11.9 Å². The van der Waals surface area contributed by atoms with Crippen molar-refractivity contribution in [2.24, 2.45) is 0 Å². The third-order valence-electron chi connectivity index (χ3n) is 1.69. The first kappa shape index (κ1) is 11.0. The monoisotopic (exact) mass is 209 g/mol. The quantitative estimate of drug-likeness (QED) is 0.530. The van der Waals surface area contributed by atoms with Crippen LogP contribution in [0.2, 0.25) is 0 Å². The van der Waals surface area contributed by atoms with E-state index in [4.69, 9.17) is 0 Å². The molecule has 5 nitrogen and oxygen atoms in total. The smallest absolute Gasteiger partial charge is 0.396 e. The van der Waals surface area contributed by atoms with Crippen molar-refractivity contribution >= 4 is 17.6 Å². The SMILES string of the molecule is COC(=O)C(=O)Nc1cc(C)cc(O)c1. The fourth-order valence-corrected chi connectivity index (χ4v) is 1.11. The molecule has 0 unspecified atom stereocenters. The van der Waals surface area contributed by atoms with Gasteiger partial charge < -0.3 is 15.2 Å². The largest absolute Gasteiger partial charge is 0.508 e. The molecular weight excluding hydrogens is 198 g/mol. The molecule has 0 aromatic heterocycles. The molecule has 15 heavy (non-hydrogen) atoms. The first-order valence-corrected chi connectivity index (χ1v) is 4.23. The number of ether oxygens (including phenoxy) is 1. The summed E-state index contributed by atoms with van der Waals surface area (Å²) in [4.78, 5) is 21.9. The zero-order valence-electron chi connectivity index (χ0n) is 8.40. The number of rotatable bonds is 1. The van der Waals surface area contributed by atoms with Crippen LogP contribution in [0.5, 0.6) is 5.75 Å². The van der Waals surface area contributed by atoms with Gasteiger partial charge in [-0.05, 0) is 24.6 Å². The van der Waals surface area contributed by atoms with Crippen molar-refractivity contribution in [3.8, 4) is 5.75 Å². The lowest BCUT2D eigenvalue weighted by atomic mass is 10.2. The molecule has 0 spiro atoms. The highest BCUT2D eigenvalue weighted by molar-refractivity contribution is 6.37. The lowest BCUT2D eigenvalue weighted by Gasteiger charge is -2.05. The van der Waals surface area contributed by atoms with Gasteiger partial charge in [0.25, 0.3) is 0 Å². The number of nitrogens with one attached hydrogen (secondary N) is 1. The molecule has 1 amide bonds. The Labute approximate surface area is 86.7 Å². The molecule has 2 N–H and O–H groups in total. The van der Waals surface area contributed by atoms with Crippen LogP contribution in [0.15, 0.2) is 18.2 Å². The van der Waals surface area contributed by atoms with Crippen LogP contribution in [-0.2, 0) is 14.3 Å². The Morgan fingerprint density at radius 1 is 1.33 bits per heavy atom. The van der Waals surface area contributed by atoms with Crippen LogP contribution in [0.1, 0.15) is 5.56 Å². The van der Waals surface area contributed by atoms with E-state index in [2.05, 4.69) is 10.1 Å². The summed E-state index contributed by atoms with van der Waals surface area (Å²) in [6.07, 6.45) is 0. The Bertz CT molecular complexity index is 380. The Morgan fingerprint density at radius 2 is 2.00 bits per heavy atom. The molecule has 0 radical (unpaired) electrons. The molecule has 0 aliphatic carbocycles. The normalized spacial score (nSPS) is 9.47. The third-order valence-corrected chi connectivity index (χ3v) is 1.69. The molecule has 1 aromatic carbocycles. The van der Waals surface area contributed by atoms with Gasteiger partial charge in [-0.3, -0.25) is 4.79 Å². The summed E-state index contributed by atoms with van der Waals surface area (Å²) in [5.41, 5.74) is 1.12. The molecule has 0 saturated heterocycles. The average molecular weight is 209 g/mol. The van der Waals surface area contributed by atoms with Crippen LogP contribution in [0, 0.1) is 6.92 Å². The van der Waals surface area contributed by atoms with E-state index in [1.807, 2.05) is 0 Å². The minimum absolute atomic E-state index is 0.0233. The Balaban J connectivity index is 2.81. The van der Waals surface area contributed by atoms with Gasteiger partial charge in [0.2, 0.25) is 0 Å². The number of hydrogen-bond acceptors (Lipinski definition) is 4. The minimum atomic E-state index is -0.976. The second-order valence-electron chi connectivity index (χ2n) is 3.00. The summed E-state index contributed by atoms with van der Waals surface area (Å²) in [5.74, 6) is -1.83. The van der Waals surface area contributed by atoms with Crippen molar-refractivity contribution in [3.63, 3.8) is 0 Å². The highest BCUT2D eigenvalue weighted by atomic mass is 16.5. The molecule has 0 fully saturated rings. The minimum Gasteiger partial charge on any atom is -0.508 e. The summed E-state index contributed by atoms with van der Waals surface area (Å²) < 4.78 is 4.23. The van der Waals surface area contributed by atoms with E-state index in [0.29, 0.717) is 5.69 Å². The molecule has 5 heteroatoms. The second kappa shape index (κ2) is 4.45. The first-order chi connectivity index (χ1) is 7.02. The van der Waals surface area contributed by atoms with Crippen molar-refractivity contribution in [3.05, 3.63) is 23.8 Å². The van der Waals surface area contributed by atoms with Gasteiger partial charge in [-0.2, -0.15) is 0 Å². The summed E-state index contributed by atoms with van der Waals surface area (Å²) in [5, 5.41) is 11.5. The summed E-state index contributed by atoms with van der Waals surface area (Å²) in [6.45, 7) is 1.76. The van der Waals surface area contributed by atoms with E-state index < -0.39 is 11.9 Å². The van der Waals surface area contributed by atoms with Crippen molar-refractivity contribution in [2.45, 2.75) is 6.92 Å². The number of anilines is 1. The van der Waals surface area contributed by atoms with E-state index in [1.54, 1.807) is 13.0 Å². The highest BCUT2D eigenvalue weighted by Crippen LogP contribution is 2.18. The number of aryl methyl sites for hydroxylation is 1. The Hall–Kier alpha value is -2.04. The van der Waals surface area contributed by atoms with Crippen LogP contribution in [0.3, 0.4) is 0 Å². The molecule has 1 rings (SSSR count). The molecule has 0 bridgehead atoms. The van der Waals surface area contributed by atoms with E-state index in [-0.39, 0.29) is 5.75 Å². The lowest BCUT2D eigenvalue weighted by Crippen LogP contribution is -2.23. The van der Waals surface area contributed by atoms with Gasteiger partial charge in [0, 0.05) is 11.8 Å². The maximum Gasteiger partial charge on any atom is 0.396 e. The third kappa shape index (κ3) is 2.98. The maximum atomic E-state index is 11.1. The fraction of sp³-hybridized carbons (Fsp3) is 0.200. The van der Waals surface area contributed by atoms with Crippen molar-refractivity contribution in [1.29, 1.82) is 0 Å². The van der Waals surface area contributed by atoms with Gasteiger partial charge in [0.1, 0.15) is 5.75 Å². The van der Waals surface area contributed by atoms with Crippen LogP contribution in [0.25, 0.3) is 0 Å². The molecule has 0 aliphatic rings. The van der Waals surface area contributed by atoms with Crippen LogP contribution >= 0.6 is 0 Å². The Morgan fingerprint density at radius 3 is 2.53 bits per heavy atom. The number of hydrogen-bond donors (Lipinski definition) is 2. The van der Waals surface area contributed by atoms with Gasteiger partial charge in [0.05, 0.1) is 7.11 Å². The number of phenols is 1. The molecule has 0 heterocycles. The number of methoxy groups -OCH3 is 1. The van der Waals surface area contributed by atoms with E-state index in [1.165, 1.54) is 12.1 Å². The van der Waals surface area contributed by atoms with Gasteiger partial charge in [0.15, 0.2) is 0 Å². The van der Waals surface area contributed by atoms with Crippen molar-refractivity contribution in [2.75, 3.05) is 12.4 Å². The zero-order valence-corrected chi connectivity index (χ0v) is 8.40. The Kier molecular flexibility index (Phi) is 3.28. The van der Waals surface area contributed by atoms with Crippen LogP contribution in [-0.4, -0.2) is 24.1 Å². The summed E-state index contributed by atoms with van der Waals surface area (Å²) >= 11 is 0. The molecule has 0 atom stereocenters. The van der Waals surface area contributed by atoms with E-state index >= 15 is 0 Å². The number of benzene rings is 1. The van der Waals surface area contributed by atoms with Crippen LogP contribution < -0.4 is 5.32 Å². The van der Waals surface area contributed by atoms with E-state index in [9.17, 15) is 14.7 Å². The number of amides is 1. The van der Waals surface area contributed by atoms with Crippen molar-refractivity contribution < 1.29 is 19.4 Å². The van der Waals surface area contributed by atoms with Gasteiger partial charge in [-0.1, -0.05) is 0 Å². The second-order valence-corrected chi connectivity index (χ2v) is 3.00. The van der Waals surface area contributed by atoms with Crippen molar-refractivity contribution in [1.82, 2.24) is 0 Å². The standard InChI is InChI=1S/C10H11NO4/c1-6-3-7(5-8(12)4-6)11-9(13)10(14)15-2/h3-5,12H,1-2H3,(H,11,13). The molecule has 80 valence electrons. The number of carbonyl (C=O) groups excluding carboxylic acids is 2. The predicted octanol–water partition coefficient (Wildman–Crippen LogP) is 0.812. The van der Waals surface area contributed by atoms with Gasteiger partial charge in [-0.25, -0.2) is 4.79 Å².